The molecule has 1 heterocycles. The summed E-state index contributed by atoms with van der Waals surface area (Å²) < 4.78 is 0. The van der Waals surface area contributed by atoms with Gasteiger partial charge in [-0.25, -0.2) is 0 Å². The molecule has 1 aliphatic carbocycles. The third kappa shape index (κ3) is 6.50. The zero-order chi connectivity index (χ0) is 42.2. The third-order valence-corrected chi connectivity index (χ3v) is 13.8. The lowest BCUT2D eigenvalue weighted by Gasteiger charge is -2.44. The smallest absolute Gasteiger partial charge is 0.197 e. The van der Waals surface area contributed by atoms with Gasteiger partial charge in [0.25, 0.3) is 0 Å². The Morgan fingerprint density at radius 2 is 1.05 bits per heavy atom. The van der Waals surface area contributed by atoms with Gasteiger partial charge in [-0.2, -0.15) is 0 Å². The highest BCUT2D eigenvalue weighted by molar-refractivity contribution is 6.73. The lowest BCUT2D eigenvalue weighted by Crippen LogP contribution is -2.41. The van der Waals surface area contributed by atoms with Crippen molar-refractivity contribution in [1.82, 2.24) is 0 Å². The minimum absolute atomic E-state index is 0.0618. The topological polar surface area (TPSA) is 15.3 Å². The van der Waals surface area contributed by atoms with Crippen molar-refractivity contribution in [3.8, 4) is 33.4 Å². The number of benzene rings is 9. The lowest BCUT2D eigenvalue weighted by atomic mass is 9.57. The molecule has 0 saturated heterocycles. The summed E-state index contributed by atoms with van der Waals surface area (Å²) in [7, 11) is 2.45. The zero-order valence-electron chi connectivity index (χ0n) is 36.3. The summed E-state index contributed by atoms with van der Waals surface area (Å²) >= 11 is 0. The van der Waals surface area contributed by atoms with Crippen molar-refractivity contribution in [1.29, 1.82) is 0 Å². The fourth-order valence-electron chi connectivity index (χ4n) is 10.2. The first-order chi connectivity index (χ1) is 30.1. The van der Waals surface area contributed by atoms with Crippen molar-refractivity contribution in [2.45, 2.75) is 58.3 Å². The summed E-state index contributed by atoms with van der Waals surface area (Å²) in [5.41, 5.74) is 19.8. The average Bonchev–Trinajstić information content (AvgIpc) is 3.30. The van der Waals surface area contributed by atoms with Crippen LogP contribution >= 0.6 is 0 Å². The molecule has 3 heteroatoms. The summed E-state index contributed by atoms with van der Waals surface area (Å²) in [4.78, 5) is 2.59. The molecule has 0 spiro atoms. The van der Waals surface area contributed by atoms with E-state index in [-0.39, 0.29) is 10.8 Å². The predicted molar refractivity (Wildman–Crippen MR) is 267 cm³/mol. The highest BCUT2D eigenvalue weighted by atomic mass is 15.2. The number of aryl methyl sites for hydroxylation is 1. The largest absolute Gasteiger partial charge is 0.355 e. The highest BCUT2D eigenvalue weighted by Crippen LogP contribution is 2.50. The number of fused-ring (bicyclic) bond motifs is 5. The van der Waals surface area contributed by atoms with E-state index in [1.165, 1.54) is 100 Å². The molecule has 1 radical (unpaired) electrons. The van der Waals surface area contributed by atoms with Gasteiger partial charge in [0.05, 0.1) is 5.69 Å². The molecule has 2 nitrogen and oxygen atoms in total. The Morgan fingerprint density at radius 3 is 1.74 bits per heavy atom. The van der Waals surface area contributed by atoms with Crippen LogP contribution in [0, 0.1) is 6.92 Å². The second-order valence-electron chi connectivity index (χ2n) is 18.8. The molecule has 2 aliphatic rings. The standard InChI is InChI=1S/C59H50BN2/c1-38-32-50-51(59(4,5)31-30-58(50,2)3)37-53(38)62-54-35-44-22-13-12-21-43(44)34-52(54)60-56-49(33-45(36-55(56)62)40-18-10-7-11-19-40)48-29-26-42-20-14-15-23-47(42)57(48)61-46-27-24-41(25-28-46)39-16-8-6-9-17-39/h6-29,32-37,61H,30-31H2,1-5H3. The molecule has 0 aromatic heterocycles. The van der Waals surface area contributed by atoms with Gasteiger partial charge in [0.1, 0.15) is 0 Å². The third-order valence-electron chi connectivity index (χ3n) is 13.8. The normalized spacial score (nSPS) is 14.8. The maximum Gasteiger partial charge on any atom is 0.197 e. The van der Waals surface area contributed by atoms with Crippen LogP contribution in [-0.2, 0) is 10.8 Å². The summed E-state index contributed by atoms with van der Waals surface area (Å²) in [6.07, 6.45) is 2.35. The molecule has 9 aromatic carbocycles. The van der Waals surface area contributed by atoms with Crippen LogP contribution in [0.2, 0.25) is 0 Å². The van der Waals surface area contributed by atoms with E-state index in [0.717, 1.165) is 23.4 Å². The van der Waals surface area contributed by atoms with Gasteiger partial charge < -0.3 is 10.2 Å². The molecule has 9 aromatic rings. The maximum atomic E-state index is 3.98. The average molecular weight is 798 g/mol. The minimum Gasteiger partial charge on any atom is -0.355 e. The summed E-state index contributed by atoms with van der Waals surface area (Å²) in [6, 6.07) is 67.3. The van der Waals surface area contributed by atoms with Crippen LogP contribution in [0.1, 0.15) is 57.2 Å². The van der Waals surface area contributed by atoms with Crippen LogP contribution < -0.4 is 21.1 Å². The quantitative estimate of drug-likeness (QED) is 0.169. The lowest BCUT2D eigenvalue weighted by molar-refractivity contribution is 0.332. The molecule has 0 fully saturated rings. The van der Waals surface area contributed by atoms with E-state index in [1.54, 1.807) is 0 Å². The molecule has 0 saturated carbocycles. The van der Waals surface area contributed by atoms with Gasteiger partial charge in [0.2, 0.25) is 0 Å². The minimum atomic E-state index is 0.0618. The van der Waals surface area contributed by atoms with Crippen molar-refractivity contribution in [3.63, 3.8) is 0 Å². The number of nitrogens with one attached hydrogen (secondary N) is 1. The summed E-state index contributed by atoms with van der Waals surface area (Å²) in [6.45, 7) is 12.1. The van der Waals surface area contributed by atoms with Gasteiger partial charge in [-0.15, -0.1) is 0 Å². The van der Waals surface area contributed by atoms with Gasteiger partial charge in [0, 0.05) is 33.7 Å². The maximum absolute atomic E-state index is 3.98. The fraction of sp³-hybridized carbons (Fsp3) is 0.153. The Hall–Kier alpha value is -6.84. The molecule has 0 atom stereocenters. The second kappa shape index (κ2) is 14.7. The number of hydrogen-bond donors (Lipinski definition) is 1. The van der Waals surface area contributed by atoms with Crippen LogP contribution in [0.15, 0.2) is 182 Å². The molecule has 1 N–H and O–H groups in total. The number of anilines is 5. The van der Waals surface area contributed by atoms with Gasteiger partial charge in [-0.05, 0) is 133 Å². The van der Waals surface area contributed by atoms with Crippen LogP contribution in [0.4, 0.5) is 28.4 Å². The van der Waals surface area contributed by atoms with E-state index < -0.39 is 0 Å². The molecule has 11 rings (SSSR count). The van der Waals surface area contributed by atoms with E-state index >= 15 is 0 Å². The van der Waals surface area contributed by atoms with Crippen LogP contribution in [0.3, 0.4) is 0 Å². The number of nitrogens with zero attached hydrogens (tertiary/aromatic N) is 1. The van der Waals surface area contributed by atoms with E-state index in [2.05, 4.69) is 234 Å². The van der Waals surface area contributed by atoms with E-state index in [1.807, 2.05) is 0 Å². The Morgan fingerprint density at radius 1 is 0.468 bits per heavy atom. The van der Waals surface area contributed by atoms with Crippen LogP contribution in [0.5, 0.6) is 0 Å². The Bertz CT molecular complexity index is 3180. The molecule has 0 amide bonds. The molecular weight excluding hydrogens is 747 g/mol. The van der Waals surface area contributed by atoms with E-state index in [4.69, 9.17) is 0 Å². The fourth-order valence-corrected chi connectivity index (χ4v) is 10.2. The van der Waals surface area contributed by atoms with Crippen LogP contribution in [-0.4, -0.2) is 7.28 Å². The monoisotopic (exact) mass is 797 g/mol. The molecule has 62 heavy (non-hydrogen) atoms. The van der Waals surface area contributed by atoms with Crippen molar-refractivity contribution >= 4 is 68.2 Å². The van der Waals surface area contributed by atoms with E-state index in [9.17, 15) is 0 Å². The summed E-state index contributed by atoms with van der Waals surface area (Å²) in [5, 5.41) is 8.84. The van der Waals surface area contributed by atoms with Gasteiger partial charge in [0.15, 0.2) is 7.28 Å². The SMILES string of the molecule is Cc1cc2c(cc1N1c3cc4ccccc4cc3[B]c3c(-c4ccc5ccccc5c4Nc4ccc(-c5ccccc5)cc4)cc(-c4ccccc4)cc31)C(C)(C)CCC2(C)C. The molecule has 1 aliphatic heterocycles. The molecule has 299 valence electrons. The second-order valence-corrected chi connectivity index (χ2v) is 18.8. The van der Waals surface area contributed by atoms with E-state index in [0.29, 0.717) is 0 Å². The first kappa shape index (κ1) is 38.1. The predicted octanol–water partition coefficient (Wildman–Crippen LogP) is 14.8. The van der Waals surface area contributed by atoms with Gasteiger partial charge in [-0.1, -0.05) is 179 Å². The first-order valence-corrected chi connectivity index (χ1v) is 22.1. The first-order valence-electron chi connectivity index (χ1n) is 22.1. The van der Waals surface area contributed by atoms with Crippen molar-refractivity contribution in [3.05, 3.63) is 199 Å². The van der Waals surface area contributed by atoms with Crippen molar-refractivity contribution < 1.29 is 0 Å². The summed E-state index contributed by atoms with van der Waals surface area (Å²) in [5.74, 6) is 0. The molecular formula is C59H50BN2. The van der Waals surface area contributed by atoms with Crippen molar-refractivity contribution in [2.24, 2.45) is 0 Å². The van der Waals surface area contributed by atoms with Crippen molar-refractivity contribution in [2.75, 3.05) is 10.2 Å². The Balaban J connectivity index is 1.18. The molecule has 0 unspecified atom stereocenters. The van der Waals surface area contributed by atoms with Gasteiger partial charge >= 0.3 is 0 Å². The van der Waals surface area contributed by atoms with Gasteiger partial charge in [-0.3, -0.25) is 0 Å². The zero-order valence-corrected chi connectivity index (χ0v) is 36.3. The van der Waals surface area contributed by atoms with Crippen LogP contribution in [0.25, 0.3) is 54.9 Å². The Kier molecular flexibility index (Phi) is 9.02. The number of hydrogen-bond acceptors (Lipinski definition) is 2. The highest BCUT2D eigenvalue weighted by Gasteiger charge is 2.39. The molecule has 0 bridgehead atoms. The number of rotatable bonds is 6. The Labute approximate surface area is 367 Å².